The maximum atomic E-state index is 8.71. The topological polar surface area (TPSA) is 46.0 Å². The van der Waals surface area contributed by atoms with Crippen LogP contribution in [0.15, 0.2) is 12.3 Å². The fourth-order valence-electron chi connectivity index (χ4n) is 0.621. The molecule has 1 N–H and O–H groups in total. The van der Waals surface area contributed by atoms with Crippen LogP contribution in [0, 0.1) is 0 Å². The summed E-state index contributed by atoms with van der Waals surface area (Å²) in [4.78, 5) is 7.55. The molecular weight excluding hydrogens is 222 g/mol. The van der Waals surface area contributed by atoms with Gasteiger partial charge in [0, 0.05) is 6.20 Å². The van der Waals surface area contributed by atoms with Crippen LogP contribution in [0.1, 0.15) is 11.5 Å². The third-order valence-corrected chi connectivity index (χ3v) is 1.64. The van der Waals surface area contributed by atoms with E-state index >= 15 is 0 Å². The van der Waals surface area contributed by atoms with Crippen LogP contribution in [-0.2, 0) is 10.4 Å². The van der Waals surface area contributed by atoms with Gasteiger partial charge in [0.2, 0.25) is 3.79 Å². The average Bonchev–Trinajstić information content (AvgIpc) is 2.03. The maximum absolute atomic E-state index is 8.71. The summed E-state index contributed by atoms with van der Waals surface area (Å²) < 4.78 is -1.63. The molecule has 66 valence electrons. The van der Waals surface area contributed by atoms with Crippen molar-refractivity contribution in [2.24, 2.45) is 0 Å². The van der Waals surface area contributed by atoms with Crippen molar-refractivity contribution in [2.75, 3.05) is 0 Å². The molecular formula is C6H5Cl3N2O. The van der Waals surface area contributed by atoms with Crippen LogP contribution >= 0.6 is 34.8 Å². The van der Waals surface area contributed by atoms with Gasteiger partial charge in [-0.1, -0.05) is 34.8 Å². The number of aliphatic hydroxyl groups is 1. The highest BCUT2D eigenvalue weighted by Crippen LogP contribution is 2.35. The van der Waals surface area contributed by atoms with Gasteiger partial charge >= 0.3 is 0 Å². The lowest BCUT2D eigenvalue weighted by atomic mass is 10.4. The zero-order valence-electron chi connectivity index (χ0n) is 5.84. The molecule has 0 atom stereocenters. The second-order valence-corrected chi connectivity index (χ2v) is 4.31. The Balaban J connectivity index is 3.02. The van der Waals surface area contributed by atoms with Crippen molar-refractivity contribution < 1.29 is 5.11 Å². The highest BCUT2D eigenvalue weighted by molar-refractivity contribution is 6.66. The van der Waals surface area contributed by atoms with Crippen LogP contribution in [0.25, 0.3) is 0 Å². The lowest BCUT2D eigenvalue weighted by Crippen LogP contribution is -2.08. The van der Waals surface area contributed by atoms with Gasteiger partial charge < -0.3 is 5.11 Å². The van der Waals surface area contributed by atoms with E-state index in [0.29, 0.717) is 5.69 Å². The number of hydrogen-bond donors (Lipinski definition) is 1. The Kier molecular flexibility index (Phi) is 3.12. The Hall–Kier alpha value is -0.0900. The monoisotopic (exact) mass is 226 g/mol. The van der Waals surface area contributed by atoms with Crippen LogP contribution < -0.4 is 0 Å². The molecule has 1 heterocycles. The van der Waals surface area contributed by atoms with Crippen LogP contribution in [0.3, 0.4) is 0 Å². The van der Waals surface area contributed by atoms with Crippen LogP contribution in [-0.4, -0.2) is 15.1 Å². The van der Waals surface area contributed by atoms with E-state index in [1.165, 1.54) is 6.20 Å². The average molecular weight is 227 g/mol. The predicted molar refractivity (Wildman–Crippen MR) is 47.2 cm³/mol. The molecule has 0 bridgehead atoms. The van der Waals surface area contributed by atoms with Gasteiger partial charge in [0.15, 0.2) is 5.82 Å². The molecule has 3 nitrogen and oxygen atoms in total. The zero-order chi connectivity index (χ0) is 9.19. The van der Waals surface area contributed by atoms with Crippen molar-refractivity contribution in [2.45, 2.75) is 10.4 Å². The molecule has 0 unspecified atom stereocenters. The fourth-order valence-corrected chi connectivity index (χ4v) is 0.894. The number of hydrogen-bond acceptors (Lipinski definition) is 3. The predicted octanol–water partition coefficient (Wildman–Crippen LogP) is 1.80. The second kappa shape index (κ2) is 3.75. The highest BCUT2D eigenvalue weighted by Gasteiger charge is 2.26. The first kappa shape index (κ1) is 9.99. The summed E-state index contributed by atoms with van der Waals surface area (Å²) in [5.41, 5.74) is 0.423. The molecule has 0 saturated heterocycles. The Morgan fingerprint density at radius 1 is 1.42 bits per heavy atom. The van der Waals surface area contributed by atoms with Crippen LogP contribution in [0.4, 0.5) is 0 Å². The summed E-state index contributed by atoms with van der Waals surface area (Å²) in [6.07, 6.45) is 1.43. The molecule has 0 fully saturated rings. The molecule has 0 aromatic carbocycles. The largest absolute Gasteiger partial charge is 0.390 e. The first-order chi connectivity index (χ1) is 5.54. The summed E-state index contributed by atoms with van der Waals surface area (Å²) in [7, 11) is 0. The summed E-state index contributed by atoms with van der Waals surface area (Å²) in [5, 5.41) is 8.71. The van der Waals surface area contributed by atoms with E-state index in [9.17, 15) is 0 Å². The normalized spacial score (nSPS) is 11.7. The van der Waals surface area contributed by atoms with Gasteiger partial charge in [-0.3, -0.25) is 0 Å². The quantitative estimate of drug-likeness (QED) is 0.744. The molecule has 0 radical (unpaired) electrons. The van der Waals surface area contributed by atoms with E-state index in [-0.39, 0.29) is 12.4 Å². The molecule has 0 spiro atoms. The molecule has 0 saturated carbocycles. The zero-order valence-corrected chi connectivity index (χ0v) is 8.11. The standard InChI is InChI=1S/C6H5Cl3N2O/c7-6(8,9)5-10-2-1-4(3-12)11-5/h1-2,12H,3H2. The minimum atomic E-state index is -1.63. The minimum Gasteiger partial charge on any atom is -0.390 e. The summed E-state index contributed by atoms with van der Waals surface area (Å²) in [5.74, 6) is 0.0686. The number of rotatable bonds is 1. The fraction of sp³-hybridized carbons (Fsp3) is 0.333. The van der Waals surface area contributed by atoms with Crippen molar-refractivity contribution in [3.05, 3.63) is 23.8 Å². The van der Waals surface area contributed by atoms with E-state index < -0.39 is 3.79 Å². The Labute approximate surface area is 84.3 Å². The number of alkyl halides is 3. The van der Waals surface area contributed by atoms with Crippen molar-refractivity contribution in [1.29, 1.82) is 0 Å². The SMILES string of the molecule is OCc1ccnc(C(Cl)(Cl)Cl)n1. The molecule has 1 aromatic heterocycles. The van der Waals surface area contributed by atoms with E-state index in [1.807, 2.05) is 0 Å². The first-order valence-corrected chi connectivity index (χ1v) is 4.17. The molecule has 0 aliphatic carbocycles. The molecule has 12 heavy (non-hydrogen) atoms. The van der Waals surface area contributed by atoms with Gasteiger partial charge in [-0.15, -0.1) is 0 Å². The van der Waals surface area contributed by atoms with Gasteiger partial charge in [-0.25, -0.2) is 9.97 Å². The highest BCUT2D eigenvalue weighted by atomic mass is 35.6. The number of aromatic nitrogens is 2. The lowest BCUT2D eigenvalue weighted by Gasteiger charge is -2.08. The number of halogens is 3. The summed E-state index contributed by atoms with van der Waals surface area (Å²) in [6.45, 7) is -0.198. The molecule has 6 heteroatoms. The van der Waals surface area contributed by atoms with E-state index in [0.717, 1.165) is 0 Å². The van der Waals surface area contributed by atoms with Crippen LogP contribution in [0.2, 0.25) is 0 Å². The Bertz CT molecular complexity index is 274. The first-order valence-electron chi connectivity index (χ1n) is 3.04. The third-order valence-electron chi connectivity index (χ3n) is 1.13. The lowest BCUT2D eigenvalue weighted by molar-refractivity contribution is 0.276. The van der Waals surface area contributed by atoms with Gasteiger partial charge in [-0.2, -0.15) is 0 Å². The van der Waals surface area contributed by atoms with E-state index in [1.54, 1.807) is 6.07 Å². The van der Waals surface area contributed by atoms with Gasteiger partial charge in [0.05, 0.1) is 12.3 Å². The van der Waals surface area contributed by atoms with Crippen molar-refractivity contribution in [3.8, 4) is 0 Å². The third kappa shape index (κ3) is 2.45. The van der Waals surface area contributed by atoms with Crippen LogP contribution in [0.5, 0.6) is 0 Å². The molecule has 1 aromatic rings. The molecule has 0 aliphatic heterocycles. The molecule has 1 rings (SSSR count). The molecule has 0 amide bonds. The van der Waals surface area contributed by atoms with Gasteiger partial charge in [-0.05, 0) is 6.07 Å². The van der Waals surface area contributed by atoms with Crippen molar-refractivity contribution >= 4 is 34.8 Å². The van der Waals surface area contributed by atoms with Gasteiger partial charge in [0.1, 0.15) is 0 Å². The Morgan fingerprint density at radius 2 is 2.08 bits per heavy atom. The minimum absolute atomic E-state index is 0.0686. The summed E-state index contributed by atoms with van der Waals surface area (Å²) >= 11 is 16.5. The second-order valence-electron chi connectivity index (χ2n) is 2.03. The smallest absolute Gasteiger partial charge is 0.250 e. The molecule has 0 aliphatic rings. The number of aliphatic hydroxyl groups excluding tert-OH is 1. The summed E-state index contributed by atoms with van der Waals surface area (Å²) in [6, 6.07) is 1.54. The van der Waals surface area contributed by atoms with Crippen molar-refractivity contribution in [3.63, 3.8) is 0 Å². The number of nitrogens with zero attached hydrogens (tertiary/aromatic N) is 2. The van der Waals surface area contributed by atoms with Crippen molar-refractivity contribution in [1.82, 2.24) is 9.97 Å². The Morgan fingerprint density at radius 3 is 2.58 bits per heavy atom. The van der Waals surface area contributed by atoms with Gasteiger partial charge in [0.25, 0.3) is 0 Å². The van der Waals surface area contributed by atoms with E-state index in [4.69, 9.17) is 39.9 Å². The maximum Gasteiger partial charge on any atom is 0.250 e. The van der Waals surface area contributed by atoms with E-state index in [2.05, 4.69) is 9.97 Å².